The van der Waals surface area contributed by atoms with Crippen LogP contribution >= 0.6 is 46.4 Å². The van der Waals surface area contributed by atoms with E-state index in [9.17, 15) is 9.59 Å². The van der Waals surface area contributed by atoms with Gasteiger partial charge in [0.2, 0.25) is 5.91 Å². The molecule has 0 atom stereocenters. The van der Waals surface area contributed by atoms with Crippen molar-refractivity contribution in [3.63, 3.8) is 0 Å². The second-order valence-electron chi connectivity index (χ2n) is 5.30. The van der Waals surface area contributed by atoms with Crippen LogP contribution in [-0.4, -0.2) is 17.5 Å². The van der Waals surface area contributed by atoms with Crippen molar-refractivity contribution in [3.8, 4) is 0 Å². The molecule has 0 fully saturated rings. The molecule has 2 aromatic rings. The van der Waals surface area contributed by atoms with Gasteiger partial charge in [-0.1, -0.05) is 46.4 Å². The molecule has 9 heteroatoms. The average Bonchev–Trinajstić information content (AvgIpc) is 2.51. The zero-order valence-electron chi connectivity index (χ0n) is 13.4. The third-order valence-electron chi connectivity index (χ3n) is 3.09. The van der Waals surface area contributed by atoms with Gasteiger partial charge in [-0.05, 0) is 43.3 Å². The van der Waals surface area contributed by atoms with Gasteiger partial charge >= 0.3 is 0 Å². The maximum Gasteiger partial charge on any atom is 0.272 e. The number of nitrogens with zero attached hydrogens (tertiary/aromatic N) is 1. The van der Waals surface area contributed by atoms with Gasteiger partial charge in [0.05, 0.1) is 17.0 Å². The van der Waals surface area contributed by atoms with E-state index in [4.69, 9.17) is 46.4 Å². The summed E-state index contributed by atoms with van der Waals surface area (Å²) in [6, 6.07) is 9.19. The van der Waals surface area contributed by atoms with E-state index in [-0.39, 0.29) is 22.9 Å². The van der Waals surface area contributed by atoms with Gasteiger partial charge in [0.25, 0.3) is 5.91 Å². The fourth-order valence-electron chi connectivity index (χ4n) is 1.98. The summed E-state index contributed by atoms with van der Waals surface area (Å²) in [5.74, 6) is -0.837. The number of nitrogens with one attached hydrogen (secondary N) is 2. The molecule has 2 aromatic carbocycles. The lowest BCUT2D eigenvalue weighted by Crippen LogP contribution is -2.21. The van der Waals surface area contributed by atoms with E-state index in [0.717, 1.165) is 0 Å². The van der Waals surface area contributed by atoms with Gasteiger partial charge < -0.3 is 5.32 Å². The van der Waals surface area contributed by atoms with Crippen LogP contribution in [0, 0.1) is 0 Å². The molecule has 2 amide bonds. The SMILES string of the molecule is C/C(CC(=O)Nc1cc(Cl)cc(Cl)c1)=N\NC(=O)c1ccc(Cl)cc1Cl. The first kappa shape index (κ1) is 20.5. The summed E-state index contributed by atoms with van der Waals surface area (Å²) in [5.41, 5.74) is 3.44. The number of rotatable bonds is 5. The maximum absolute atomic E-state index is 12.1. The largest absolute Gasteiger partial charge is 0.326 e. The molecule has 26 heavy (non-hydrogen) atoms. The Hall–Kier alpha value is -1.79. The number of carbonyl (C=O) groups is 2. The molecule has 0 radical (unpaired) electrons. The van der Waals surface area contributed by atoms with Crippen LogP contribution in [0.25, 0.3) is 0 Å². The van der Waals surface area contributed by atoms with Crippen molar-refractivity contribution in [2.75, 3.05) is 5.32 Å². The zero-order chi connectivity index (χ0) is 19.3. The standard InChI is InChI=1S/C17H13Cl4N3O2/c1-9(4-16(25)22-13-6-11(19)5-12(20)7-13)23-24-17(26)14-3-2-10(18)8-15(14)21/h2-3,5-8H,4H2,1H3,(H,22,25)(H,24,26)/b23-9+. The first-order chi connectivity index (χ1) is 12.2. The molecule has 0 heterocycles. The van der Waals surface area contributed by atoms with E-state index < -0.39 is 5.91 Å². The van der Waals surface area contributed by atoms with Gasteiger partial charge in [-0.2, -0.15) is 5.10 Å². The molecule has 0 aliphatic rings. The highest BCUT2D eigenvalue weighted by Gasteiger charge is 2.11. The predicted octanol–water partition coefficient (Wildman–Crippen LogP) is 5.43. The van der Waals surface area contributed by atoms with Crippen LogP contribution in [0.4, 0.5) is 5.69 Å². The van der Waals surface area contributed by atoms with E-state index in [1.165, 1.54) is 12.1 Å². The minimum atomic E-state index is -0.506. The summed E-state index contributed by atoms with van der Waals surface area (Å²) >= 11 is 23.5. The monoisotopic (exact) mass is 431 g/mol. The van der Waals surface area contributed by atoms with E-state index in [1.54, 1.807) is 31.2 Å². The van der Waals surface area contributed by atoms with Crippen LogP contribution in [0.1, 0.15) is 23.7 Å². The Kier molecular flexibility index (Phi) is 7.29. The topological polar surface area (TPSA) is 70.6 Å². The summed E-state index contributed by atoms with van der Waals surface area (Å²) in [5, 5.41) is 7.99. The number of hydrazone groups is 1. The van der Waals surface area contributed by atoms with Crippen LogP contribution in [0.2, 0.25) is 20.1 Å². The Morgan fingerprint density at radius 2 is 1.62 bits per heavy atom. The second-order valence-corrected chi connectivity index (χ2v) is 7.01. The van der Waals surface area contributed by atoms with Crippen LogP contribution in [0.5, 0.6) is 0 Å². The van der Waals surface area contributed by atoms with Crippen molar-refractivity contribution >= 4 is 69.6 Å². The molecule has 0 saturated heterocycles. The van der Waals surface area contributed by atoms with Crippen molar-refractivity contribution in [2.24, 2.45) is 5.10 Å². The molecule has 2 N–H and O–H groups in total. The van der Waals surface area contributed by atoms with Crippen molar-refractivity contribution in [2.45, 2.75) is 13.3 Å². The normalized spacial score (nSPS) is 11.2. The van der Waals surface area contributed by atoms with Crippen molar-refractivity contribution in [1.82, 2.24) is 5.43 Å². The van der Waals surface area contributed by atoms with Crippen LogP contribution < -0.4 is 10.7 Å². The van der Waals surface area contributed by atoms with Gasteiger partial charge in [-0.3, -0.25) is 9.59 Å². The average molecular weight is 433 g/mol. The maximum atomic E-state index is 12.1. The van der Waals surface area contributed by atoms with E-state index in [1.807, 2.05) is 0 Å². The summed E-state index contributed by atoms with van der Waals surface area (Å²) < 4.78 is 0. The molecule has 0 aliphatic carbocycles. The minimum Gasteiger partial charge on any atom is -0.326 e. The van der Waals surface area contributed by atoms with E-state index in [2.05, 4.69) is 15.8 Å². The Bertz CT molecular complexity index is 864. The molecular weight excluding hydrogens is 420 g/mol. The van der Waals surface area contributed by atoms with Gasteiger partial charge in [-0.15, -0.1) is 0 Å². The Labute approximate surface area is 170 Å². The molecule has 136 valence electrons. The third-order valence-corrected chi connectivity index (χ3v) is 4.07. The molecule has 0 aromatic heterocycles. The second kappa shape index (κ2) is 9.24. The fraction of sp³-hybridized carbons (Fsp3) is 0.118. The Balaban J connectivity index is 1.94. The molecule has 0 unspecified atom stereocenters. The molecule has 0 saturated carbocycles. The number of hydrogen-bond acceptors (Lipinski definition) is 3. The quantitative estimate of drug-likeness (QED) is 0.488. The highest BCUT2D eigenvalue weighted by Crippen LogP contribution is 2.23. The van der Waals surface area contributed by atoms with Gasteiger partial charge in [0.15, 0.2) is 0 Å². The lowest BCUT2D eigenvalue weighted by molar-refractivity contribution is -0.115. The molecule has 0 aliphatic heterocycles. The number of anilines is 1. The van der Waals surface area contributed by atoms with E-state index >= 15 is 0 Å². The first-order valence-corrected chi connectivity index (χ1v) is 8.80. The van der Waals surface area contributed by atoms with Gasteiger partial charge in [0, 0.05) is 26.5 Å². The Morgan fingerprint density at radius 3 is 2.23 bits per heavy atom. The number of carbonyl (C=O) groups excluding carboxylic acids is 2. The van der Waals surface area contributed by atoms with Crippen LogP contribution in [0.15, 0.2) is 41.5 Å². The fourth-order valence-corrected chi connectivity index (χ4v) is 3.00. The van der Waals surface area contributed by atoms with Gasteiger partial charge in [-0.25, -0.2) is 5.43 Å². The molecule has 0 bridgehead atoms. The summed E-state index contributed by atoms with van der Waals surface area (Å²) in [6.07, 6.45) is -0.0290. The highest BCUT2D eigenvalue weighted by molar-refractivity contribution is 6.37. The number of amides is 2. The Morgan fingerprint density at radius 1 is 0.962 bits per heavy atom. The summed E-state index contributed by atoms with van der Waals surface area (Å²) in [7, 11) is 0. The summed E-state index contributed by atoms with van der Waals surface area (Å²) in [6.45, 7) is 1.61. The molecular formula is C17H13Cl4N3O2. The lowest BCUT2D eigenvalue weighted by Gasteiger charge is -2.07. The summed E-state index contributed by atoms with van der Waals surface area (Å²) in [4.78, 5) is 24.1. The molecule has 5 nitrogen and oxygen atoms in total. The van der Waals surface area contributed by atoms with Crippen molar-refractivity contribution in [3.05, 3.63) is 62.1 Å². The predicted molar refractivity (Wildman–Crippen MR) is 107 cm³/mol. The van der Waals surface area contributed by atoms with Gasteiger partial charge in [0.1, 0.15) is 0 Å². The number of halogens is 4. The number of benzene rings is 2. The minimum absolute atomic E-state index is 0.0290. The zero-order valence-corrected chi connectivity index (χ0v) is 16.5. The number of hydrogen-bond donors (Lipinski definition) is 2. The lowest BCUT2D eigenvalue weighted by atomic mass is 10.2. The van der Waals surface area contributed by atoms with Crippen LogP contribution in [0.3, 0.4) is 0 Å². The molecule has 2 rings (SSSR count). The molecule has 0 spiro atoms. The van der Waals surface area contributed by atoms with Crippen molar-refractivity contribution < 1.29 is 9.59 Å². The van der Waals surface area contributed by atoms with Crippen LogP contribution in [-0.2, 0) is 4.79 Å². The van der Waals surface area contributed by atoms with Crippen molar-refractivity contribution in [1.29, 1.82) is 0 Å². The third kappa shape index (κ3) is 6.18. The smallest absolute Gasteiger partial charge is 0.272 e. The highest BCUT2D eigenvalue weighted by atomic mass is 35.5. The first-order valence-electron chi connectivity index (χ1n) is 7.29. The van der Waals surface area contributed by atoms with E-state index in [0.29, 0.717) is 26.5 Å².